The molecule has 0 saturated heterocycles. The molecule has 0 aliphatic carbocycles. The van der Waals surface area contributed by atoms with Gasteiger partial charge in [-0.25, -0.2) is 4.79 Å². The zero-order chi connectivity index (χ0) is 16.8. The van der Waals surface area contributed by atoms with Gasteiger partial charge in [-0.3, -0.25) is 4.79 Å². The lowest BCUT2D eigenvalue weighted by atomic mass is 9.84. The minimum absolute atomic E-state index is 0.0220. The molecule has 0 fully saturated rings. The molecule has 0 N–H and O–H groups in total. The van der Waals surface area contributed by atoms with Crippen molar-refractivity contribution < 1.29 is 19.1 Å². The first-order chi connectivity index (χ1) is 10.3. The molecule has 4 heteroatoms. The van der Waals surface area contributed by atoms with Gasteiger partial charge in [0.25, 0.3) is 0 Å². The van der Waals surface area contributed by atoms with E-state index < -0.39 is 0 Å². The van der Waals surface area contributed by atoms with E-state index in [4.69, 9.17) is 9.47 Å². The summed E-state index contributed by atoms with van der Waals surface area (Å²) in [4.78, 5) is 23.6. The molecule has 0 bridgehead atoms. The Balaban J connectivity index is 3.06. The standard InChI is InChI=1S/C18H26O4/c1-6-21-16(19)11-8-13-12-14(18(3,4)5)9-10-15(13)17(20)22-7-2/h9-10,12H,6-8,11H2,1-5H3. The van der Waals surface area contributed by atoms with E-state index in [2.05, 4.69) is 20.8 Å². The van der Waals surface area contributed by atoms with Gasteiger partial charge < -0.3 is 9.47 Å². The maximum atomic E-state index is 12.1. The highest BCUT2D eigenvalue weighted by Crippen LogP contribution is 2.26. The van der Waals surface area contributed by atoms with Gasteiger partial charge >= 0.3 is 11.9 Å². The normalized spacial score (nSPS) is 11.1. The van der Waals surface area contributed by atoms with Crippen LogP contribution in [0, 0.1) is 0 Å². The van der Waals surface area contributed by atoms with Gasteiger partial charge in [0, 0.05) is 6.42 Å². The third kappa shape index (κ3) is 5.17. The summed E-state index contributed by atoms with van der Waals surface area (Å²) in [7, 11) is 0. The van der Waals surface area contributed by atoms with E-state index in [0.29, 0.717) is 25.2 Å². The SMILES string of the molecule is CCOC(=O)CCc1cc(C(C)(C)C)ccc1C(=O)OCC. The van der Waals surface area contributed by atoms with Crippen LogP contribution >= 0.6 is 0 Å². The van der Waals surface area contributed by atoms with Crippen molar-refractivity contribution in [3.8, 4) is 0 Å². The Labute approximate surface area is 132 Å². The molecule has 0 heterocycles. The third-order valence-electron chi connectivity index (χ3n) is 3.37. The second kappa shape index (κ2) is 7.97. The van der Waals surface area contributed by atoms with Crippen LogP contribution in [0.5, 0.6) is 0 Å². The van der Waals surface area contributed by atoms with Crippen LogP contribution in [0.4, 0.5) is 0 Å². The Morgan fingerprint density at radius 1 is 1.05 bits per heavy atom. The van der Waals surface area contributed by atoms with E-state index >= 15 is 0 Å². The van der Waals surface area contributed by atoms with E-state index in [0.717, 1.165) is 11.1 Å². The molecule has 1 rings (SSSR count). The molecule has 0 amide bonds. The lowest BCUT2D eigenvalue weighted by Crippen LogP contribution is -2.15. The van der Waals surface area contributed by atoms with Crippen LogP contribution in [0.1, 0.15) is 62.5 Å². The number of hydrogen-bond donors (Lipinski definition) is 0. The molecule has 0 aromatic heterocycles. The molecule has 1 aromatic rings. The zero-order valence-electron chi connectivity index (χ0n) is 14.2. The van der Waals surface area contributed by atoms with E-state index in [9.17, 15) is 9.59 Å². The van der Waals surface area contributed by atoms with Crippen molar-refractivity contribution in [1.29, 1.82) is 0 Å². The number of rotatable bonds is 6. The predicted octanol–water partition coefficient (Wildman–Crippen LogP) is 3.66. The quantitative estimate of drug-likeness (QED) is 0.753. The van der Waals surface area contributed by atoms with Crippen molar-refractivity contribution in [1.82, 2.24) is 0 Å². The molecule has 0 aliphatic heterocycles. The van der Waals surface area contributed by atoms with Gasteiger partial charge in [0.2, 0.25) is 0 Å². The van der Waals surface area contributed by atoms with Crippen molar-refractivity contribution in [2.45, 2.75) is 52.9 Å². The van der Waals surface area contributed by atoms with Gasteiger partial charge in [-0.1, -0.05) is 32.9 Å². The summed E-state index contributed by atoms with van der Waals surface area (Å²) < 4.78 is 10.0. The van der Waals surface area contributed by atoms with Crippen molar-refractivity contribution in [3.05, 3.63) is 34.9 Å². The molecule has 0 radical (unpaired) electrons. The number of esters is 2. The molecule has 0 saturated carbocycles. The van der Waals surface area contributed by atoms with Crippen LogP contribution in [0.25, 0.3) is 0 Å². The summed E-state index contributed by atoms with van der Waals surface area (Å²) in [5, 5.41) is 0. The molecule has 0 spiro atoms. The Hall–Kier alpha value is -1.84. The van der Waals surface area contributed by atoms with E-state index in [1.165, 1.54) is 0 Å². The minimum Gasteiger partial charge on any atom is -0.466 e. The molecule has 4 nitrogen and oxygen atoms in total. The first-order valence-electron chi connectivity index (χ1n) is 7.75. The maximum Gasteiger partial charge on any atom is 0.338 e. The molecular weight excluding hydrogens is 280 g/mol. The van der Waals surface area contributed by atoms with Crippen molar-refractivity contribution in [3.63, 3.8) is 0 Å². The maximum absolute atomic E-state index is 12.1. The van der Waals surface area contributed by atoms with Crippen LogP contribution in [-0.4, -0.2) is 25.2 Å². The van der Waals surface area contributed by atoms with Gasteiger partial charge in [-0.2, -0.15) is 0 Å². The summed E-state index contributed by atoms with van der Waals surface area (Å²) in [6.07, 6.45) is 0.727. The van der Waals surface area contributed by atoms with Crippen molar-refractivity contribution >= 4 is 11.9 Å². The van der Waals surface area contributed by atoms with Gasteiger partial charge in [0.1, 0.15) is 0 Å². The fourth-order valence-corrected chi connectivity index (χ4v) is 2.14. The first-order valence-corrected chi connectivity index (χ1v) is 7.75. The lowest BCUT2D eigenvalue weighted by molar-refractivity contribution is -0.143. The average molecular weight is 306 g/mol. The molecule has 22 heavy (non-hydrogen) atoms. The summed E-state index contributed by atoms with van der Waals surface area (Å²) in [6, 6.07) is 5.73. The van der Waals surface area contributed by atoms with Crippen LogP contribution in [0.15, 0.2) is 18.2 Å². The summed E-state index contributed by atoms with van der Waals surface area (Å²) in [6.45, 7) is 10.6. The highest BCUT2D eigenvalue weighted by atomic mass is 16.5. The van der Waals surface area contributed by atoms with Gasteiger partial charge in [0.05, 0.1) is 18.8 Å². The fraction of sp³-hybridized carbons (Fsp3) is 0.556. The van der Waals surface area contributed by atoms with Gasteiger partial charge in [0.15, 0.2) is 0 Å². The Morgan fingerprint density at radius 3 is 2.23 bits per heavy atom. The second-order valence-electron chi connectivity index (χ2n) is 6.15. The Bertz CT molecular complexity index is 526. The van der Waals surface area contributed by atoms with Crippen LogP contribution < -0.4 is 0 Å². The average Bonchev–Trinajstić information content (AvgIpc) is 2.44. The monoisotopic (exact) mass is 306 g/mol. The zero-order valence-corrected chi connectivity index (χ0v) is 14.2. The number of benzene rings is 1. The molecule has 122 valence electrons. The Kier molecular flexibility index (Phi) is 6.60. The van der Waals surface area contributed by atoms with Crippen molar-refractivity contribution in [2.24, 2.45) is 0 Å². The molecule has 0 aliphatic rings. The highest BCUT2D eigenvalue weighted by molar-refractivity contribution is 5.91. The number of carbonyl (C=O) groups is 2. The van der Waals surface area contributed by atoms with E-state index in [1.54, 1.807) is 19.9 Å². The topological polar surface area (TPSA) is 52.6 Å². The summed E-state index contributed by atoms with van der Waals surface area (Å²) in [5.74, 6) is -0.597. The predicted molar refractivity (Wildman–Crippen MR) is 86.1 cm³/mol. The van der Waals surface area contributed by atoms with Crippen LogP contribution in [0.3, 0.4) is 0 Å². The first kappa shape index (κ1) is 18.2. The molecule has 1 aromatic carbocycles. The van der Waals surface area contributed by atoms with Gasteiger partial charge in [-0.05, 0) is 42.9 Å². The Morgan fingerprint density at radius 2 is 1.68 bits per heavy atom. The third-order valence-corrected chi connectivity index (χ3v) is 3.37. The number of carbonyl (C=O) groups excluding carboxylic acids is 2. The lowest BCUT2D eigenvalue weighted by Gasteiger charge is -2.21. The molecule has 0 atom stereocenters. The minimum atomic E-state index is -0.346. The number of ether oxygens (including phenoxy) is 2. The number of aryl methyl sites for hydroxylation is 1. The van der Waals surface area contributed by atoms with Crippen LogP contribution in [0.2, 0.25) is 0 Å². The van der Waals surface area contributed by atoms with Crippen LogP contribution in [-0.2, 0) is 26.1 Å². The van der Waals surface area contributed by atoms with E-state index in [1.807, 2.05) is 12.1 Å². The number of hydrogen-bond acceptors (Lipinski definition) is 4. The van der Waals surface area contributed by atoms with E-state index in [-0.39, 0.29) is 23.8 Å². The largest absolute Gasteiger partial charge is 0.466 e. The summed E-state index contributed by atoms with van der Waals surface area (Å²) in [5.41, 5.74) is 2.46. The van der Waals surface area contributed by atoms with Crippen molar-refractivity contribution in [2.75, 3.05) is 13.2 Å². The smallest absolute Gasteiger partial charge is 0.338 e. The molecular formula is C18H26O4. The second-order valence-corrected chi connectivity index (χ2v) is 6.15. The highest BCUT2D eigenvalue weighted by Gasteiger charge is 2.19. The fourth-order valence-electron chi connectivity index (χ4n) is 2.14. The molecule has 0 unspecified atom stereocenters. The van der Waals surface area contributed by atoms with Gasteiger partial charge in [-0.15, -0.1) is 0 Å². The summed E-state index contributed by atoms with van der Waals surface area (Å²) >= 11 is 0.